The number of para-hydroxylation sites is 1. The molecule has 3 aromatic rings. The van der Waals surface area contributed by atoms with E-state index in [0.29, 0.717) is 29.4 Å². The topological polar surface area (TPSA) is 61.0 Å². The summed E-state index contributed by atoms with van der Waals surface area (Å²) in [5.41, 5.74) is 0.731. The van der Waals surface area contributed by atoms with Gasteiger partial charge in [-0.25, -0.2) is 4.98 Å². The summed E-state index contributed by atoms with van der Waals surface area (Å²) in [4.78, 5) is 8.79. The van der Waals surface area contributed by atoms with E-state index in [2.05, 4.69) is 22.0 Å². The number of aromatic nitrogens is 3. The van der Waals surface area contributed by atoms with Crippen molar-refractivity contribution in [2.45, 2.75) is 19.3 Å². The predicted octanol–water partition coefficient (Wildman–Crippen LogP) is 4.05. The maximum Gasteiger partial charge on any atom is 0.230 e. The fourth-order valence-corrected chi connectivity index (χ4v) is 2.40. The highest BCUT2D eigenvalue weighted by molar-refractivity contribution is 5.61. The van der Waals surface area contributed by atoms with Crippen LogP contribution < -0.4 is 4.74 Å². The average molecular weight is 293 g/mol. The van der Waals surface area contributed by atoms with E-state index < -0.39 is 0 Å². The zero-order valence-electron chi connectivity index (χ0n) is 12.1. The van der Waals surface area contributed by atoms with Crippen LogP contribution in [0.2, 0.25) is 0 Å². The molecule has 2 atom stereocenters. The standard InChI is InChI=1S/C17H15N3O2/c1-11-10-14(11)17-19-15(20-22-17)13-8-5-9-18-16(13)21-12-6-3-2-4-7-12/h2-9,11,14H,10H2,1H3/t11-,14+/m0/s1. The number of rotatable bonds is 4. The third-order valence-corrected chi connectivity index (χ3v) is 3.84. The van der Waals surface area contributed by atoms with E-state index in [4.69, 9.17) is 9.26 Å². The molecule has 0 amide bonds. The molecule has 5 nitrogen and oxygen atoms in total. The molecule has 1 aliphatic rings. The maximum atomic E-state index is 5.84. The van der Waals surface area contributed by atoms with Gasteiger partial charge in [-0.3, -0.25) is 0 Å². The van der Waals surface area contributed by atoms with Crippen LogP contribution in [-0.4, -0.2) is 15.1 Å². The van der Waals surface area contributed by atoms with Crippen molar-refractivity contribution in [3.63, 3.8) is 0 Å². The van der Waals surface area contributed by atoms with E-state index in [1.165, 1.54) is 0 Å². The van der Waals surface area contributed by atoms with Crippen molar-refractivity contribution >= 4 is 0 Å². The van der Waals surface area contributed by atoms with Crippen LogP contribution in [0.3, 0.4) is 0 Å². The lowest BCUT2D eigenvalue weighted by Gasteiger charge is -2.06. The maximum absolute atomic E-state index is 5.84. The molecule has 4 rings (SSSR count). The Morgan fingerprint density at radius 1 is 1.14 bits per heavy atom. The molecule has 5 heteroatoms. The fraction of sp³-hybridized carbons (Fsp3) is 0.235. The van der Waals surface area contributed by atoms with Crippen LogP contribution in [0.15, 0.2) is 53.2 Å². The van der Waals surface area contributed by atoms with E-state index in [1.807, 2.05) is 42.5 Å². The van der Waals surface area contributed by atoms with Gasteiger partial charge in [0.2, 0.25) is 17.6 Å². The Balaban J connectivity index is 1.65. The summed E-state index contributed by atoms with van der Waals surface area (Å²) in [6.45, 7) is 2.18. The second-order valence-electron chi connectivity index (χ2n) is 5.55. The number of nitrogens with zero attached hydrogens (tertiary/aromatic N) is 3. The van der Waals surface area contributed by atoms with Crippen molar-refractivity contribution in [3.8, 4) is 23.0 Å². The molecule has 1 fully saturated rings. The van der Waals surface area contributed by atoms with E-state index in [9.17, 15) is 0 Å². The third kappa shape index (κ3) is 2.45. The second kappa shape index (κ2) is 5.26. The summed E-state index contributed by atoms with van der Waals surface area (Å²) in [5, 5.41) is 4.08. The van der Waals surface area contributed by atoms with Crippen LogP contribution in [-0.2, 0) is 0 Å². The van der Waals surface area contributed by atoms with Gasteiger partial charge in [-0.15, -0.1) is 0 Å². The lowest BCUT2D eigenvalue weighted by Crippen LogP contribution is -1.92. The average Bonchev–Trinajstić information content (AvgIpc) is 3.09. The van der Waals surface area contributed by atoms with Gasteiger partial charge in [0.25, 0.3) is 0 Å². The minimum atomic E-state index is 0.399. The lowest BCUT2D eigenvalue weighted by atomic mass is 10.2. The first-order valence-electron chi connectivity index (χ1n) is 7.33. The van der Waals surface area contributed by atoms with Crippen LogP contribution >= 0.6 is 0 Å². The molecule has 0 aliphatic heterocycles. The van der Waals surface area contributed by atoms with Gasteiger partial charge in [0.1, 0.15) is 5.75 Å². The molecule has 22 heavy (non-hydrogen) atoms. The second-order valence-corrected chi connectivity index (χ2v) is 5.55. The van der Waals surface area contributed by atoms with Crippen molar-refractivity contribution < 1.29 is 9.26 Å². The molecular formula is C17H15N3O2. The van der Waals surface area contributed by atoms with Crippen molar-refractivity contribution in [1.29, 1.82) is 0 Å². The van der Waals surface area contributed by atoms with E-state index in [-0.39, 0.29) is 0 Å². The molecule has 2 aromatic heterocycles. The summed E-state index contributed by atoms with van der Waals surface area (Å²) >= 11 is 0. The van der Waals surface area contributed by atoms with Gasteiger partial charge in [-0.1, -0.05) is 30.3 Å². The normalized spacial score (nSPS) is 19.9. The third-order valence-electron chi connectivity index (χ3n) is 3.84. The summed E-state index contributed by atoms with van der Waals surface area (Å²) < 4.78 is 11.2. The molecule has 1 aromatic carbocycles. The number of benzene rings is 1. The fourth-order valence-electron chi connectivity index (χ4n) is 2.40. The highest BCUT2D eigenvalue weighted by Crippen LogP contribution is 2.46. The van der Waals surface area contributed by atoms with Crippen molar-refractivity contribution in [2.75, 3.05) is 0 Å². The van der Waals surface area contributed by atoms with E-state index in [0.717, 1.165) is 17.7 Å². The first kappa shape index (κ1) is 13.0. The predicted molar refractivity (Wildman–Crippen MR) is 80.6 cm³/mol. The first-order chi connectivity index (χ1) is 10.8. The van der Waals surface area contributed by atoms with Crippen LogP contribution in [0.4, 0.5) is 0 Å². The minimum Gasteiger partial charge on any atom is -0.438 e. The summed E-state index contributed by atoms with van der Waals surface area (Å²) in [6, 6.07) is 13.3. The Morgan fingerprint density at radius 3 is 2.73 bits per heavy atom. The zero-order valence-corrected chi connectivity index (χ0v) is 12.1. The van der Waals surface area contributed by atoms with Gasteiger partial charge in [0.05, 0.1) is 5.56 Å². The van der Waals surface area contributed by atoms with Crippen molar-refractivity contribution in [1.82, 2.24) is 15.1 Å². The van der Waals surface area contributed by atoms with Gasteiger partial charge in [0, 0.05) is 12.1 Å². The molecule has 0 unspecified atom stereocenters. The largest absolute Gasteiger partial charge is 0.438 e. The minimum absolute atomic E-state index is 0.399. The highest BCUT2D eigenvalue weighted by atomic mass is 16.5. The molecular weight excluding hydrogens is 278 g/mol. The molecule has 1 saturated carbocycles. The van der Waals surface area contributed by atoms with Crippen molar-refractivity contribution in [3.05, 3.63) is 54.6 Å². The molecule has 0 N–H and O–H groups in total. The van der Waals surface area contributed by atoms with Gasteiger partial charge >= 0.3 is 0 Å². The van der Waals surface area contributed by atoms with Crippen LogP contribution in [0.1, 0.15) is 25.2 Å². The number of hydrogen-bond donors (Lipinski definition) is 0. The molecule has 0 saturated heterocycles. The number of ether oxygens (including phenoxy) is 1. The molecule has 1 aliphatic carbocycles. The van der Waals surface area contributed by atoms with Gasteiger partial charge in [0.15, 0.2) is 0 Å². The van der Waals surface area contributed by atoms with E-state index >= 15 is 0 Å². The molecule has 0 bridgehead atoms. The van der Waals surface area contributed by atoms with Crippen LogP contribution in [0.25, 0.3) is 11.4 Å². The molecule has 110 valence electrons. The van der Waals surface area contributed by atoms with Crippen LogP contribution in [0, 0.1) is 5.92 Å². The Morgan fingerprint density at radius 2 is 1.95 bits per heavy atom. The number of pyridine rings is 1. The Bertz CT molecular complexity index is 785. The lowest BCUT2D eigenvalue weighted by molar-refractivity contribution is 0.376. The summed E-state index contributed by atoms with van der Waals surface area (Å²) in [5.74, 6) is 3.45. The molecule has 0 radical (unpaired) electrons. The van der Waals surface area contributed by atoms with Gasteiger partial charge in [-0.05, 0) is 36.6 Å². The van der Waals surface area contributed by atoms with Gasteiger partial charge in [-0.2, -0.15) is 4.98 Å². The quantitative estimate of drug-likeness (QED) is 0.726. The highest BCUT2D eigenvalue weighted by Gasteiger charge is 2.39. The Kier molecular flexibility index (Phi) is 3.11. The Hall–Kier alpha value is -2.69. The first-order valence-corrected chi connectivity index (χ1v) is 7.33. The van der Waals surface area contributed by atoms with E-state index in [1.54, 1.807) is 6.20 Å². The van der Waals surface area contributed by atoms with Crippen LogP contribution in [0.5, 0.6) is 11.6 Å². The summed E-state index contributed by atoms with van der Waals surface area (Å²) in [7, 11) is 0. The van der Waals surface area contributed by atoms with Gasteiger partial charge < -0.3 is 9.26 Å². The van der Waals surface area contributed by atoms with Crippen molar-refractivity contribution in [2.24, 2.45) is 5.92 Å². The molecule has 2 heterocycles. The zero-order chi connectivity index (χ0) is 14.9. The SMILES string of the molecule is C[C@H]1C[C@H]1c1nc(-c2cccnc2Oc2ccccc2)no1. The smallest absolute Gasteiger partial charge is 0.230 e. The summed E-state index contributed by atoms with van der Waals surface area (Å²) in [6.07, 6.45) is 2.80. The number of hydrogen-bond acceptors (Lipinski definition) is 5. The molecule has 0 spiro atoms. The Labute approximate surface area is 128 Å². The monoisotopic (exact) mass is 293 g/mol.